The lowest BCUT2D eigenvalue weighted by atomic mass is 10.1. The molecule has 4 rings (SSSR count). The van der Waals surface area contributed by atoms with Gasteiger partial charge in [0.25, 0.3) is 5.91 Å². The molecule has 1 atom stereocenters. The number of benzene rings is 1. The largest absolute Gasteiger partial charge is 0.487 e. The molecule has 3 heterocycles. The molecule has 7 nitrogen and oxygen atoms in total. The van der Waals surface area contributed by atoms with E-state index >= 15 is 0 Å². The molecule has 0 radical (unpaired) electrons. The number of carbonyl (C=O) groups is 1. The lowest BCUT2D eigenvalue weighted by Crippen LogP contribution is -2.22. The number of H-pyrrole nitrogens is 1. The molecule has 2 N–H and O–H groups in total. The van der Waals surface area contributed by atoms with Gasteiger partial charge in [0.1, 0.15) is 11.6 Å². The number of carbonyl (C=O) groups excluding carboxylic acids is 1. The first-order valence-corrected chi connectivity index (χ1v) is 10.1. The van der Waals surface area contributed by atoms with Crippen LogP contribution in [-0.4, -0.2) is 39.7 Å². The fourth-order valence-corrected chi connectivity index (χ4v) is 3.60. The molecule has 1 aliphatic heterocycles. The molecule has 3 aromatic rings. The van der Waals surface area contributed by atoms with E-state index in [2.05, 4.69) is 37.1 Å². The Balaban J connectivity index is 1.55. The van der Waals surface area contributed by atoms with Gasteiger partial charge in [-0.3, -0.25) is 9.89 Å². The summed E-state index contributed by atoms with van der Waals surface area (Å²) in [5.41, 5.74) is -1.48. The number of alkyl halides is 3. The zero-order chi connectivity index (χ0) is 22.0. The SMILES string of the molecule is C[C@@H]1CCN(c2ncc(C(=O)Nc3ccc(OC(F)(F)Cl)cc3)cc2-c2ccn[nH]2)C1. The molecule has 0 unspecified atom stereocenters. The number of anilines is 2. The van der Waals surface area contributed by atoms with Crippen LogP contribution < -0.4 is 15.0 Å². The van der Waals surface area contributed by atoms with E-state index in [1.807, 2.05) is 6.07 Å². The summed E-state index contributed by atoms with van der Waals surface area (Å²) < 4.78 is 29.7. The van der Waals surface area contributed by atoms with Gasteiger partial charge >= 0.3 is 5.57 Å². The summed E-state index contributed by atoms with van der Waals surface area (Å²) in [7, 11) is 0. The molecule has 1 saturated heterocycles. The van der Waals surface area contributed by atoms with Crippen molar-refractivity contribution in [1.82, 2.24) is 15.2 Å². The van der Waals surface area contributed by atoms with E-state index in [1.165, 1.54) is 30.5 Å². The average molecular weight is 448 g/mol. The number of amides is 1. The number of aromatic nitrogens is 3. The van der Waals surface area contributed by atoms with Gasteiger partial charge in [-0.15, -0.1) is 8.78 Å². The summed E-state index contributed by atoms with van der Waals surface area (Å²) in [4.78, 5) is 19.5. The lowest BCUT2D eigenvalue weighted by Gasteiger charge is -2.20. The highest BCUT2D eigenvalue weighted by molar-refractivity contribution is 6.20. The first-order valence-electron chi connectivity index (χ1n) is 9.70. The van der Waals surface area contributed by atoms with E-state index < -0.39 is 5.57 Å². The number of hydrogen-bond donors (Lipinski definition) is 2. The standard InChI is InChI=1S/C21H20ClF2N5O2/c1-13-7-9-29(12-13)19-17(18-6-8-26-28-18)10-14(11-25-19)20(30)27-15-2-4-16(5-3-15)31-21(22,23)24/h2-6,8,10-11,13H,7,9,12H2,1H3,(H,26,28)(H,27,30)/t13-/m1/s1. The third-order valence-corrected chi connectivity index (χ3v) is 5.07. The highest BCUT2D eigenvalue weighted by Crippen LogP contribution is 2.32. The second kappa shape index (κ2) is 8.50. The molecule has 0 aliphatic carbocycles. The van der Waals surface area contributed by atoms with Crippen molar-refractivity contribution < 1.29 is 18.3 Å². The lowest BCUT2D eigenvalue weighted by molar-refractivity contribution is -0.0964. The Bertz CT molecular complexity index is 1050. The van der Waals surface area contributed by atoms with Gasteiger partial charge in [0, 0.05) is 48.3 Å². The van der Waals surface area contributed by atoms with Gasteiger partial charge in [0.15, 0.2) is 0 Å². The predicted octanol–water partition coefficient (Wildman–Crippen LogP) is 4.74. The van der Waals surface area contributed by atoms with Crippen LogP contribution in [0.15, 0.2) is 48.8 Å². The quantitative estimate of drug-likeness (QED) is 0.533. The number of rotatable bonds is 6. The molecule has 0 saturated carbocycles. The summed E-state index contributed by atoms with van der Waals surface area (Å²) in [6.07, 6.45) is 4.26. The van der Waals surface area contributed by atoms with Crippen LogP contribution in [0, 0.1) is 5.92 Å². The Hall–Kier alpha value is -3.20. The van der Waals surface area contributed by atoms with Gasteiger partial charge in [0.2, 0.25) is 0 Å². The molecule has 2 aromatic heterocycles. The molecule has 31 heavy (non-hydrogen) atoms. The van der Waals surface area contributed by atoms with E-state index in [-0.39, 0.29) is 11.7 Å². The minimum absolute atomic E-state index is 0.120. The number of aromatic amines is 1. The van der Waals surface area contributed by atoms with Gasteiger partial charge in [-0.1, -0.05) is 6.92 Å². The Kier molecular flexibility index (Phi) is 5.77. The topological polar surface area (TPSA) is 83.1 Å². The summed E-state index contributed by atoms with van der Waals surface area (Å²) in [6.45, 7) is 3.99. The van der Waals surface area contributed by atoms with Gasteiger partial charge in [-0.05, 0) is 48.7 Å². The summed E-state index contributed by atoms with van der Waals surface area (Å²) in [5.74, 6) is 0.870. The van der Waals surface area contributed by atoms with Crippen molar-refractivity contribution in [1.29, 1.82) is 0 Å². The zero-order valence-electron chi connectivity index (χ0n) is 16.6. The van der Waals surface area contributed by atoms with Crippen LogP contribution in [0.4, 0.5) is 20.3 Å². The predicted molar refractivity (Wildman–Crippen MR) is 114 cm³/mol. The summed E-state index contributed by atoms with van der Waals surface area (Å²) >= 11 is 4.75. The van der Waals surface area contributed by atoms with E-state index in [0.717, 1.165) is 36.6 Å². The van der Waals surface area contributed by atoms with Crippen LogP contribution in [0.1, 0.15) is 23.7 Å². The molecular formula is C21H20ClF2N5O2. The fourth-order valence-electron chi connectivity index (χ4n) is 3.51. The van der Waals surface area contributed by atoms with Crippen molar-refractivity contribution in [2.24, 2.45) is 5.92 Å². The van der Waals surface area contributed by atoms with Crippen molar-refractivity contribution in [2.45, 2.75) is 18.9 Å². The smallest absolute Gasteiger partial charge is 0.420 e. The number of hydrogen-bond acceptors (Lipinski definition) is 5. The Morgan fingerprint density at radius 3 is 2.71 bits per heavy atom. The van der Waals surface area contributed by atoms with Crippen LogP contribution in [0.3, 0.4) is 0 Å². The van der Waals surface area contributed by atoms with Crippen molar-refractivity contribution in [3.8, 4) is 17.0 Å². The molecule has 1 aliphatic rings. The van der Waals surface area contributed by atoms with Gasteiger partial charge in [0.05, 0.1) is 11.3 Å². The Labute approximate surface area is 182 Å². The first-order chi connectivity index (χ1) is 14.8. The highest BCUT2D eigenvalue weighted by atomic mass is 35.5. The molecule has 162 valence electrons. The van der Waals surface area contributed by atoms with E-state index in [1.54, 1.807) is 12.3 Å². The van der Waals surface area contributed by atoms with Crippen molar-refractivity contribution in [2.75, 3.05) is 23.3 Å². The van der Waals surface area contributed by atoms with Crippen LogP contribution in [0.25, 0.3) is 11.3 Å². The van der Waals surface area contributed by atoms with Crippen molar-refractivity contribution >= 4 is 29.0 Å². The van der Waals surface area contributed by atoms with E-state index in [0.29, 0.717) is 17.2 Å². The van der Waals surface area contributed by atoms with Gasteiger partial charge in [-0.2, -0.15) is 5.10 Å². The third-order valence-electron chi connectivity index (χ3n) is 4.99. The number of ether oxygens (including phenoxy) is 1. The zero-order valence-corrected chi connectivity index (χ0v) is 17.4. The first kappa shape index (κ1) is 21.0. The maximum Gasteiger partial charge on any atom is 0.487 e. The molecular weight excluding hydrogens is 428 g/mol. The number of pyridine rings is 1. The van der Waals surface area contributed by atoms with E-state index in [4.69, 9.17) is 11.6 Å². The number of halogens is 3. The molecule has 1 fully saturated rings. The Morgan fingerprint density at radius 1 is 1.32 bits per heavy atom. The molecule has 0 bridgehead atoms. The average Bonchev–Trinajstić information content (AvgIpc) is 3.40. The van der Waals surface area contributed by atoms with E-state index in [9.17, 15) is 13.6 Å². The highest BCUT2D eigenvalue weighted by Gasteiger charge is 2.27. The van der Waals surface area contributed by atoms with Gasteiger partial charge < -0.3 is 15.0 Å². The third kappa shape index (κ3) is 5.11. The number of nitrogens with one attached hydrogen (secondary N) is 2. The maximum atomic E-state index is 12.8. The van der Waals surface area contributed by atoms with Crippen LogP contribution >= 0.6 is 11.6 Å². The molecule has 1 amide bonds. The van der Waals surface area contributed by atoms with Crippen LogP contribution in [0.5, 0.6) is 5.75 Å². The minimum Gasteiger partial charge on any atom is -0.420 e. The minimum atomic E-state index is -3.80. The fraction of sp³-hybridized carbons (Fsp3) is 0.286. The summed E-state index contributed by atoms with van der Waals surface area (Å²) in [6, 6.07) is 9.06. The normalized spacial score (nSPS) is 16.4. The monoisotopic (exact) mass is 447 g/mol. The van der Waals surface area contributed by atoms with Crippen molar-refractivity contribution in [3.05, 3.63) is 54.4 Å². The maximum absolute atomic E-state index is 12.8. The van der Waals surface area contributed by atoms with Crippen molar-refractivity contribution in [3.63, 3.8) is 0 Å². The molecule has 0 spiro atoms. The number of nitrogens with zero attached hydrogens (tertiary/aromatic N) is 3. The van der Waals surface area contributed by atoms with Gasteiger partial charge in [-0.25, -0.2) is 4.98 Å². The molecule has 10 heteroatoms. The summed E-state index contributed by atoms with van der Waals surface area (Å²) in [5, 5.41) is 9.67. The van der Waals surface area contributed by atoms with Crippen LogP contribution in [-0.2, 0) is 0 Å². The molecule has 1 aromatic carbocycles. The van der Waals surface area contributed by atoms with Crippen LogP contribution in [0.2, 0.25) is 0 Å². The Morgan fingerprint density at radius 2 is 2.10 bits per heavy atom. The second-order valence-corrected chi connectivity index (χ2v) is 7.87. The second-order valence-electron chi connectivity index (χ2n) is 7.43.